The number of carboxylic acids is 1. The highest BCUT2D eigenvalue weighted by Crippen LogP contribution is 2.34. The Morgan fingerprint density at radius 1 is 0.786 bits per heavy atom. The predicted octanol–water partition coefficient (Wildman–Crippen LogP) is -2.39. The van der Waals surface area contributed by atoms with Gasteiger partial charge in [0.2, 0.25) is 0 Å². The molecular formula is C27H46O15. The molecule has 15 nitrogen and oxygen atoms in total. The molecule has 15 heteroatoms. The first kappa shape index (κ1) is 33.8. The fourth-order valence-corrected chi connectivity index (χ4v) is 6.22. The summed E-state index contributed by atoms with van der Waals surface area (Å²) in [4.78, 5) is 12.1. The summed E-state index contributed by atoms with van der Waals surface area (Å²) in [5.41, 5.74) is 0. The van der Waals surface area contributed by atoms with Crippen molar-refractivity contribution in [2.75, 3.05) is 19.8 Å². The van der Waals surface area contributed by atoms with Crippen LogP contribution in [-0.2, 0) is 33.2 Å². The number of rotatable bonds is 11. The minimum absolute atomic E-state index is 0.110. The summed E-state index contributed by atoms with van der Waals surface area (Å²) >= 11 is 0. The van der Waals surface area contributed by atoms with E-state index in [9.17, 15) is 45.6 Å². The summed E-state index contributed by atoms with van der Waals surface area (Å²) in [5.74, 6) is -1.11. The van der Waals surface area contributed by atoms with E-state index in [1.54, 1.807) is 0 Å². The molecule has 8 N–H and O–H groups in total. The number of carboxylic acid groups (broad SMARTS) is 1. The van der Waals surface area contributed by atoms with Gasteiger partial charge in [-0.25, -0.2) is 4.79 Å². The van der Waals surface area contributed by atoms with E-state index in [1.807, 2.05) is 0 Å². The van der Waals surface area contributed by atoms with Gasteiger partial charge in [0.25, 0.3) is 0 Å². The van der Waals surface area contributed by atoms with Gasteiger partial charge < -0.3 is 69.3 Å². The van der Waals surface area contributed by atoms with E-state index in [4.69, 9.17) is 28.4 Å². The highest BCUT2D eigenvalue weighted by molar-refractivity contribution is 5.72. The third-order valence-corrected chi connectivity index (χ3v) is 8.75. The van der Waals surface area contributed by atoms with E-state index in [2.05, 4.69) is 0 Å². The van der Waals surface area contributed by atoms with E-state index < -0.39 is 105 Å². The smallest absolute Gasteiger partial charge is 0.332 e. The Morgan fingerprint density at radius 2 is 1.45 bits per heavy atom. The second-order valence-electron chi connectivity index (χ2n) is 11.7. The van der Waals surface area contributed by atoms with E-state index in [0.29, 0.717) is 0 Å². The molecule has 3 aliphatic heterocycles. The third-order valence-electron chi connectivity index (χ3n) is 8.75. The van der Waals surface area contributed by atoms with Crippen LogP contribution in [0.15, 0.2) is 0 Å². The molecule has 1 aliphatic carbocycles. The number of aliphatic hydroxyl groups is 7. The van der Waals surface area contributed by atoms with Gasteiger partial charge in [-0.05, 0) is 25.7 Å². The van der Waals surface area contributed by atoms with Gasteiger partial charge in [-0.15, -0.1) is 0 Å². The largest absolute Gasteiger partial charge is 0.479 e. The van der Waals surface area contributed by atoms with Crippen molar-refractivity contribution in [3.8, 4) is 0 Å². The van der Waals surface area contributed by atoms with Crippen LogP contribution in [0.2, 0.25) is 0 Å². The van der Waals surface area contributed by atoms with Gasteiger partial charge in [-0.1, -0.05) is 32.1 Å². The Hall–Kier alpha value is -1.05. The molecule has 0 unspecified atom stereocenters. The molecule has 14 atom stereocenters. The zero-order valence-corrected chi connectivity index (χ0v) is 23.7. The van der Waals surface area contributed by atoms with Crippen molar-refractivity contribution in [1.82, 2.24) is 0 Å². The first-order valence-corrected chi connectivity index (χ1v) is 14.8. The summed E-state index contributed by atoms with van der Waals surface area (Å²) in [6, 6.07) is 0. The van der Waals surface area contributed by atoms with Crippen molar-refractivity contribution in [3.05, 3.63) is 0 Å². The SMILES string of the molecule is C[C@@H]1O[C@@H](O[C@@H]2[C@@H](CO)OCC[C@H]2O[C@@H]2O[C@H](CO)[C@H](O)[C@H](O[C@@H](CC3CCCCC3)C(=O)O)[C@H]2O)[C@@H](O)[C@H](O)[C@@H]1O. The van der Waals surface area contributed by atoms with Crippen molar-refractivity contribution in [1.29, 1.82) is 0 Å². The van der Waals surface area contributed by atoms with Crippen molar-refractivity contribution in [3.63, 3.8) is 0 Å². The Morgan fingerprint density at radius 3 is 2.10 bits per heavy atom. The van der Waals surface area contributed by atoms with Crippen LogP contribution in [0, 0.1) is 5.92 Å². The summed E-state index contributed by atoms with van der Waals surface area (Å²) in [6.45, 7) is 0.393. The average Bonchev–Trinajstić information content (AvgIpc) is 2.98. The van der Waals surface area contributed by atoms with Crippen molar-refractivity contribution < 1.29 is 74.1 Å². The fraction of sp³-hybridized carbons (Fsp3) is 0.963. The zero-order chi connectivity index (χ0) is 30.6. The number of carbonyl (C=O) groups is 1. The van der Waals surface area contributed by atoms with Gasteiger partial charge in [0, 0.05) is 6.61 Å². The van der Waals surface area contributed by atoms with Gasteiger partial charge in [0.1, 0.15) is 54.9 Å². The quantitative estimate of drug-likeness (QED) is 0.122. The minimum Gasteiger partial charge on any atom is -0.479 e. The molecule has 3 saturated heterocycles. The molecule has 0 aromatic carbocycles. The van der Waals surface area contributed by atoms with E-state index in [1.165, 1.54) is 6.92 Å². The van der Waals surface area contributed by atoms with Crippen LogP contribution in [0.25, 0.3) is 0 Å². The zero-order valence-electron chi connectivity index (χ0n) is 23.7. The van der Waals surface area contributed by atoms with E-state index in [0.717, 1.165) is 32.1 Å². The number of hydrogen-bond donors (Lipinski definition) is 8. The van der Waals surface area contributed by atoms with Crippen LogP contribution >= 0.6 is 0 Å². The van der Waals surface area contributed by atoms with Crippen LogP contribution in [0.1, 0.15) is 51.9 Å². The van der Waals surface area contributed by atoms with Crippen molar-refractivity contribution in [2.24, 2.45) is 5.92 Å². The summed E-state index contributed by atoms with van der Waals surface area (Å²) in [7, 11) is 0. The molecule has 244 valence electrons. The normalized spacial score (nSPS) is 44.5. The van der Waals surface area contributed by atoms with Crippen molar-refractivity contribution in [2.45, 2.75) is 138 Å². The lowest BCUT2D eigenvalue weighted by Crippen LogP contribution is -2.63. The average molecular weight is 611 g/mol. The van der Waals surface area contributed by atoms with Gasteiger partial charge >= 0.3 is 5.97 Å². The highest BCUT2D eigenvalue weighted by atomic mass is 16.7. The molecule has 0 radical (unpaired) electrons. The predicted molar refractivity (Wildman–Crippen MR) is 139 cm³/mol. The van der Waals surface area contributed by atoms with Gasteiger partial charge in [0.15, 0.2) is 18.7 Å². The lowest BCUT2D eigenvalue weighted by Gasteiger charge is -2.47. The maximum absolute atomic E-state index is 12.1. The van der Waals surface area contributed by atoms with E-state index >= 15 is 0 Å². The van der Waals surface area contributed by atoms with E-state index in [-0.39, 0.29) is 25.4 Å². The molecule has 4 rings (SSSR count). The maximum atomic E-state index is 12.1. The molecule has 4 aliphatic rings. The number of hydrogen-bond acceptors (Lipinski definition) is 14. The Balaban J connectivity index is 1.49. The molecule has 0 amide bonds. The second kappa shape index (κ2) is 15.3. The third kappa shape index (κ3) is 7.77. The molecule has 0 aromatic rings. The Kier molecular flexibility index (Phi) is 12.3. The second-order valence-corrected chi connectivity index (χ2v) is 11.7. The number of ether oxygens (including phenoxy) is 6. The Bertz CT molecular complexity index is 842. The monoisotopic (exact) mass is 610 g/mol. The molecule has 42 heavy (non-hydrogen) atoms. The standard InChI is InChI=1S/C27H46O15/c1-12-18(30)20(32)21(33)26(38-12)42-23-14(7-8-37-17(23)11-29)40-27-22(34)24(19(31)16(10-28)41-27)39-15(25(35)36)9-13-5-3-2-4-6-13/h12-24,26-34H,2-11H2,1H3,(H,35,36)/t12-,14+,15-,16+,17+,18+,19-,20+,21-,22+,23-,24-,26-,27+/m0/s1. The molecule has 0 spiro atoms. The molecule has 0 aromatic heterocycles. The summed E-state index contributed by atoms with van der Waals surface area (Å²) < 4.78 is 34.5. The Labute approximate surface area is 243 Å². The number of aliphatic hydroxyl groups excluding tert-OH is 7. The molecule has 3 heterocycles. The van der Waals surface area contributed by atoms with Crippen LogP contribution in [-0.4, -0.2) is 152 Å². The molecule has 0 bridgehead atoms. The first-order chi connectivity index (χ1) is 20.0. The summed E-state index contributed by atoms with van der Waals surface area (Å²) in [5, 5.41) is 82.4. The van der Waals surface area contributed by atoms with Gasteiger partial charge in [-0.2, -0.15) is 0 Å². The van der Waals surface area contributed by atoms with Crippen molar-refractivity contribution >= 4 is 5.97 Å². The lowest BCUT2D eigenvalue weighted by atomic mass is 9.85. The maximum Gasteiger partial charge on any atom is 0.332 e. The van der Waals surface area contributed by atoms with Gasteiger partial charge in [-0.3, -0.25) is 0 Å². The van der Waals surface area contributed by atoms with Crippen LogP contribution in [0.3, 0.4) is 0 Å². The molecule has 4 fully saturated rings. The van der Waals surface area contributed by atoms with Crippen LogP contribution < -0.4 is 0 Å². The fourth-order valence-electron chi connectivity index (χ4n) is 6.22. The van der Waals surface area contributed by atoms with Gasteiger partial charge in [0.05, 0.1) is 25.4 Å². The minimum atomic E-state index is -1.68. The lowest BCUT2D eigenvalue weighted by molar-refractivity contribution is -0.356. The first-order valence-electron chi connectivity index (χ1n) is 14.8. The van der Waals surface area contributed by atoms with Crippen LogP contribution in [0.4, 0.5) is 0 Å². The molecular weight excluding hydrogens is 564 g/mol. The highest BCUT2D eigenvalue weighted by Gasteiger charge is 2.51. The summed E-state index contributed by atoms with van der Waals surface area (Å²) in [6.07, 6.45) is -13.6. The molecule has 1 saturated carbocycles. The topological polar surface area (TPSA) is 234 Å². The van der Waals surface area contributed by atoms with Crippen LogP contribution in [0.5, 0.6) is 0 Å². The number of aliphatic carboxylic acids is 1.